The summed E-state index contributed by atoms with van der Waals surface area (Å²) < 4.78 is 47.3. The molecule has 1 aliphatic heterocycles. The van der Waals surface area contributed by atoms with Crippen LogP contribution in [-0.2, 0) is 0 Å². The number of nitrogens with zero attached hydrogens (tertiary/aromatic N) is 2. The van der Waals surface area contributed by atoms with Crippen molar-refractivity contribution in [1.82, 2.24) is 9.78 Å². The molecule has 7 nitrogen and oxygen atoms in total. The third-order valence-electron chi connectivity index (χ3n) is 5.04. The number of benzene rings is 2. The zero-order chi connectivity index (χ0) is 22.2. The average Bonchev–Trinajstić information content (AvgIpc) is 3.16. The molecule has 0 saturated heterocycles. The highest BCUT2D eigenvalue weighted by Gasteiger charge is 2.46. The largest absolute Gasteiger partial charge is 0.508 e. The van der Waals surface area contributed by atoms with Crippen LogP contribution < -0.4 is 15.4 Å². The van der Waals surface area contributed by atoms with Crippen molar-refractivity contribution in [2.45, 2.75) is 24.7 Å². The lowest BCUT2D eigenvalue weighted by molar-refractivity contribution is -0.173. The summed E-state index contributed by atoms with van der Waals surface area (Å²) in [7, 11) is 1.51. The molecule has 162 valence electrons. The first kappa shape index (κ1) is 20.6. The van der Waals surface area contributed by atoms with E-state index in [1.807, 2.05) is 0 Å². The number of phenolic OH excluding ortho intramolecular Hbond substituents is 1. The molecule has 1 aliphatic rings. The monoisotopic (exact) mass is 432 g/mol. The quantitative estimate of drug-likeness (QED) is 0.565. The molecule has 0 aliphatic carbocycles. The van der Waals surface area contributed by atoms with Crippen LogP contribution in [0.2, 0.25) is 0 Å². The number of nitrogens with one attached hydrogen (secondary N) is 2. The van der Waals surface area contributed by atoms with Gasteiger partial charge in [0.05, 0.1) is 13.2 Å². The predicted molar refractivity (Wildman–Crippen MR) is 107 cm³/mol. The van der Waals surface area contributed by atoms with Crippen molar-refractivity contribution in [2.75, 3.05) is 17.7 Å². The van der Waals surface area contributed by atoms with Gasteiger partial charge >= 0.3 is 6.18 Å². The topological polar surface area (TPSA) is 88.4 Å². The Kier molecular flexibility index (Phi) is 5.22. The van der Waals surface area contributed by atoms with Crippen LogP contribution in [-0.4, -0.2) is 34.1 Å². The minimum atomic E-state index is -4.55. The number of methoxy groups -OCH3 is 1. The molecule has 3 aromatic rings. The van der Waals surface area contributed by atoms with Gasteiger partial charge in [0.15, 0.2) is 11.7 Å². The van der Waals surface area contributed by atoms with Crippen molar-refractivity contribution >= 4 is 17.4 Å². The zero-order valence-corrected chi connectivity index (χ0v) is 16.3. The third-order valence-corrected chi connectivity index (χ3v) is 5.04. The van der Waals surface area contributed by atoms with Crippen LogP contribution in [0.4, 0.5) is 24.7 Å². The first-order chi connectivity index (χ1) is 14.7. The smallest absolute Gasteiger partial charge is 0.410 e. The Bertz CT molecular complexity index is 1100. The second kappa shape index (κ2) is 7.86. The van der Waals surface area contributed by atoms with E-state index in [4.69, 9.17) is 4.74 Å². The van der Waals surface area contributed by atoms with Crippen molar-refractivity contribution < 1.29 is 27.8 Å². The van der Waals surface area contributed by atoms with Gasteiger partial charge in [-0.05, 0) is 29.8 Å². The van der Waals surface area contributed by atoms with E-state index in [1.165, 1.54) is 31.4 Å². The number of rotatable bonds is 4. The van der Waals surface area contributed by atoms with Crippen molar-refractivity contribution in [3.8, 4) is 11.5 Å². The number of aromatic nitrogens is 2. The van der Waals surface area contributed by atoms with E-state index < -0.39 is 24.2 Å². The maximum atomic E-state index is 13.8. The molecule has 0 saturated carbocycles. The SMILES string of the molecule is COc1ccc([C@@H]2C[C@@H](C(F)(F)F)n3nc(C(=O)Nc4cccc(O)c4)cc3N2)cc1. The Morgan fingerprint density at radius 2 is 1.97 bits per heavy atom. The number of ether oxygens (including phenoxy) is 1. The first-order valence-corrected chi connectivity index (χ1v) is 9.42. The molecular formula is C21H19F3N4O3. The molecule has 1 aromatic heterocycles. The summed E-state index contributed by atoms with van der Waals surface area (Å²) in [5, 5.41) is 19.0. The van der Waals surface area contributed by atoms with Crippen molar-refractivity contribution in [3.05, 3.63) is 65.9 Å². The Morgan fingerprint density at radius 1 is 1.23 bits per heavy atom. The summed E-state index contributed by atoms with van der Waals surface area (Å²) in [6.07, 6.45) is -4.83. The van der Waals surface area contributed by atoms with E-state index in [0.717, 1.165) is 4.68 Å². The van der Waals surface area contributed by atoms with Crippen LogP contribution in [0.1, 0.15) is 34.6 Å². The number of fused-ring (bicyclic) bond motifs is 1. The molecule has 0 bridgehead atoms. The van der Waals surface area contributed by atoms with Gasteiger partial charge in [0.1, 0.15) is 17.3 Å². The van der Waals surface area contributed by atoms with Gasteiger partial charge in [-0.1, -0.05) is 18.2 Å². The highest BCUT2D eigenvalue weighted by molar-refractivity contribution is 6.03. The van der Waals surface area contributed by atoms with Gasteiger partial charge in [0, 0.05) is 24.2 Å². The molecule has 0 fully saturated rings. The Balaban J connectivity index is 1.63. The number of halogens is 3. The number of hydrogen-bond donors (Lipinski definition) is 3. The molecule has 0 spiro atoms. The fraction of sp³-hybridized carbons (Fsp3) is 0.238. The fourth-order valence-electron chi connectivity index (χ4n) is 3.52. The maximum absolute atomic E-state index is 13.8. The molecule has 0 unspecified atom stereocenters. The molecule has 10 heteroatoms. The number of aromatic hydroxyl groups is 1. The van der Waals surface area contributed by atoms with Gasteiger partial charge in [-0.2, -0.15) is 18.3 Å². The van der Waals surface area contributed by atoms with Gasteiger partial charge in [0.2, 0.25) is 0 Å². The van der Waals surface area contributed by atoms with Crippen LogP contribution in [0.15, 0.2) is 54.6 Å². The highest BCUT2D eigenvalue weighted by Crippen LogP contribution is 2.43. The van der Waals surface area contributed by atoms with E-state index in [1.54, 1.807) is 30.3 Å². The summed E-state index contributed by atoms with van der Waals surface area (Å²) >= 11 is 0. The minimum Gasteiger partial charge on any atom is -0.508 e. The molecular weight excluding hydrogens is 413 g/mol. The molecule has 2 aromatic carbocycles. The van der Waals surface area contributed by atoms with Gasteiger partial charge in [-0.25, -0.2) is 4.68 Å². The molecule has 0 radical (unpaired) electrons. The first-order valence-electron chi connectivity index (χ1n) is 9.42. The zero-order valence-electron chi connectivity index (χ0n) is 16.3. The van der Waals surface area contributed by atoms with E-state index >= 15 is 0 Å². The van der Waals surface area contributed by atoms with Gasteiger partial charge in [0.25, 0.3) is 5.91 Å². The second-order valence-electron chi connectivity index (χ2n) is 7.13. The molecule has 31 heavy (non-hydrogen) atoms. The molecule has 2 atom stereocenters. The van der Waals surface area contributed by atoms with Crippen LogP contribution in [0.5, 0.6) is 11.5 Å². The normalized spacial score (nSPS) is 18.1. The number of carbonyl (C=O) groups is 1. The van der Waals surface area contributed by atoms with Crippen molar-refractivity contribution in [3.63, 3.8) is 0 Å². The molecule has 1 amide bonds. The predicted octanol–water partition coefficient (Wildman–Crippen LogP) is 4.51. The van der Waals surface area contributed by atoms with Gasteiger partial charge < -0.3 is 20.5 Å². The van der Waals surface area contributed by atoms with Crippen LogP contribution >= 0.6 is 0 Å². The number of alkyl halides is 3. The van der Waals surface area contributed by atoms with E-state index in [-0.39, 0.29) is 23.7 Å². The summed E-state index contributed by atoms with van der Waals surface area (Å²) in [4.78, 5) is 12.5. The van der Waals surface area contributed by atoms with E-state index in [0.29, 0.717) is 17.0 Å². The molecule has 3 N–H and O–H groups in total. The van der Waals surface area contributed by atoms with Crippen molar-refractivity contribution in [1.29, 1.82) is 0 Å². The standard InChI is InChI=1S/C21H19F3N4O3/c1-31-15-7-5-12(6-8-15)16-10-18(21(22,23)24)28-19(26-16)11-17(27-28)20(30)25-13-3-2-4-14(29)9-13/h2-9,11,16,18,26,29H,10H2,1H3,(H,25,30)/t16-,18-/m0/s1. The van der Waals surface area contributed by atoms with E-state index in [9.17, 15) is 23.1 Å². The summed E-state index contributed by atoms with van der Waals surface area (Å²) in [6, 6.07) is 11.4. The Labute approximate surface area is 175 Å². The third kappa shape index (κ3) is 4.27. The van der Waals surface area contributed by atoms with Gasteiger partial charge in [-0.3, -0.25) is 4.79 Å². The van der Waals surface area contributed by atoms with Crippen LogP contribution in [0.25, 0.3) is 0 Å². The Morgan fingerprint density at radius 3 is 2.61 bits per heavy atom. The maximum Gasteiger partial charge on any atom is 0.410 e. The number of anilines is 2. The van der Waals surface area contributed by atoms with Crippen molar-refractivity contribution in [2.24, 2.45) is 0 Å². The fourth-order valence-corrected chi connectivity index (χ4v) is 3.52. The average molecular weight is 432 g/mol. The number of phenols is 1. The van der Waals surface area contributed by atoms with Gasteiger partial charge in [-0.15, -0.1) is 0 Å². The summed E-state index contributed by atoms with van der Waals surface area (Å²) in [6.45, 7) is 0. The van der Waals surface area contributed by atoms with E-state index in [2.05, 4.69) is 15.7 Å². The highest BCUT2D eigenvalue weighted by atomic mass is 19.4. The number of carbonyl (C=O) groups excluding carboxylic acids is 1. The van der Waals surface area contributed by atoms with Crippen LogP contribution in [0, 0.1) is 0 Å². The second-order valence-corrected chi connectivity index (χ2v) is 7.13. The number of hydrogen-bond acceptors (Lipinski definition) is 5. The lowest BCUT2D eigenvalue weighted by atomic mass is 9.97. The van der Waals surface area contributed by atoms with Crippen LogP contribution in [0.3, 0.4) is 0 Å². The lowest BCUT2D eigenvalue weighted by Gasteiger charge is -2.33. The molecule has 4 rings (SSSR count). The molecule has 2 heterocycles. The number of amides is 1. The summed E-state index contributed by atoms with van der Waals surface area (Å²) in [5.41, 5.74) is 0.788. The lowest BCUT2D eigenvalue weighted by Crippen LogP contribution is -2.35. The minimum absolute atomic E-state index is 0.0527. The summed E-state index contributed by atoms with van der Waals surface area (Å²) in [5.74, 6) is -0.0439. The Hall–Kier alpha value is -3.69.